The Morgan fingerprint density at radius 1 is 1.23 bits per heavy atom. The first-order chi connectivity index (χ1) is 10.6. The second kappa shape index (κ2) is 5.61. The second-order valence-corrected chi connectivity index (χ2v) is 5.59. The maximum absolute atomic E-state index is 13.1. The van der Waals surface area contributed by atoms with Crippen LogP contribution in [0.4, 0.5) is 0 Å². The minimum absolute atomic E-state index is 0.0721. The monoisotopic (exact) mass is 315 g/mol. The lowest BCUT2D eigenvalue weighted by Gasteiger charge is -2.11. The van der Waals surface area contributed by atoms with Crippen LogP contribution in [-0.2, 0) is 19.3 Å². The number of benzene rings is 1. The summed E-state index contributed by atoms with van der Waals surface area (Å²) in [5.41, 5.74) is 4.29. The number of aromatic nitrogens is 3. The SMILES string of the molecule is CCc1c(C)c2nc(CCl)n(-c3ccccc3)c(=O)c2n1C. The van der Waals surface area contributed by atoms with E-state index in [0.29, 0.717) is 11.3 Å². The molecule has 0 fully saturated rings. The third-order valence-electron chi connectivity index (χ3n) is 4.13. The Labute approximate surface area is 134 Å². The predicted octanol–water partition coefficient (Wildman–Crippen LogP) is 3.33. The van der Waals surface area contributed by atoms with Crippen molar-refractivity contribution in [3.63, 3.8) is 0 Å². The van der Waals surface area contributed by atoms with E-state index in [2.05, 4.69) is 11.9 Å². The van der Waals surface area contributed by atoms with E-state index in [1.807, 2.05) is 48.9 Å². The minimum Gasteiger partial charge on any atom is -0.342 e. The highest BCUT2D eigenvalue weighted by Gasteiger charge is 2.19. The van der Waals surface area contributed by atoms with Crippen molar-refractivity contribution < 1.29 is 0 Å². The molecule has 0 unspecified atom stereocenters. The Hall–Kier alpha value is -2.07. The van der Waals surface area contributed by atoms with Crippen LogP contribution in [0, 0.1) is 6.92 Å². The molecule has 2 heterocycles. The van der Waals surface area contributed by atoms with Gasteiger partial charge in [-0.05, 0) is 31.0 Å². The normalized spacial score (nSPS) is 11.3. The van der Waals surface area contributed by atoms with Crippen LogP contribution in [0.25, 0.3) is 16.7 Å². The van der Waals surface area contributed by atoms with Crippen LogP contribution in [0.15, 0.2) is 35.1 Å². The summed E-state index contributed by atoms with van der Waals surface area (Å²) in [5.74, 6) is 0.761. The number of hydrogen-bond acceptors (Lipinski definition) is 2. The highest BCUT2D eigenvalue weighted by atomic mass is 35.5. The number of aryl methyl sites for hydroxylation is 2. The van der Waals surface area contributed by atoms with Gasteiger partial charge < -0.3 is 4.57 Å². The van der Waals surface area contributed by atoms with E-state index in [1.54, 1.807) is 4.57 Å². The molecule has 0 saturated carbocycles. The van der Waals surface area contributed by atoms with Gasteiger partial charge in [0.25, 0.3) is 5.56 Å². The van der Waals surface area contributed by atoms with Gasteiger partial charge in [-0.3, -0.25) is 9.36 Å². The molecular weight excluding hydrogens is 298 g/mol. The molecule has 0 N–H and O–H groups in total. The molecule has 4 nitrogen and oxygen atoms in total. The molecule has 3 rings (SSSR count). The molecule has 0 aliphatic carbocycles. The van der Waals surface area contributed by atoms with Crippen molar-refractivity contribution in [1.29, 1.82) is 0 Å². The molecule has 0 aliphatic rings. The van der Waals surface area contributed by atoms with E-state index < -0.39 is 0 Å². The molecular formula is C17H18ClN3O. The molecule has 0 saturated heterocycles. The first-order valence-electron chi connectivity index (χ1n) is 7.31. The fourth-order valence-corrected chi connectivity index (χ4v) is 3.26. The maximum atomic E-state index is 13.1. The number of nitrogens with zero attached hydrogens (tertiary/aromatic N) is 3. The third kappa shape index (κ3) is 2.06. The van der Waals surface area contributed by atoms with Crippen LogP contribution >= 0.6 is 11.6 Å². The zero-order chi connectivity index (χ0) is 15.9. The Morgan fingerprint density at radius 3 is 2.50 bits per heavy atom. The standard InChI is InChI=1S/C17H18ClN3O/c1-4-13-11(2)15-16(20(13)3)17(22)21(14(10-18)19-15)12-8-6-5-7-9-12/h5-9H,4,10H2,1-3H3. The molecule has 3 aromatic rings. The summed E-state index contributed by atoms with van der Waals surface area (Å²) in [6, 6.07) is 9.50. The first kappa shape index (κ1) is 14.9. The minimum atomic E-state index is -0.0721. The van der Waals surface area contributed by atoms with Crippen molar-refractivity contribution >= 4 is 22.6 Å². The van der Waals surface area contributed by atoms with Gasteiger partial charge in [-0.25, -0.2) is 4.98 Å². The molecule has 5 heteroatoms. The summed E-state index contributed by atoms with van der Waals surface area (Å²) in [6.07, 6.45) is 0.861. The van der Waals surface area contributed by atoms with Gasteiger partial charge in [0.1, 0.15) is 11.3 Å². The zero-order valence-electron chi connectivity index (χ0n) is 12.9. The summed E-state index contributed by atoms with van der Waals surface area (Å²) < 4.78 is 3.56. The van der Waals surface area contributed by atoms with Crippen molar-refractivity contribution in [2.24, 2.45) is 7.05 Å². The van der Waals surface area contributed by atoms with Crippen LogP contribution in [-0.4, -0.2) is 14.1 Å². The van der Waals surface area contributed by atoms with Crippen molar-refractivity contribution in [1.82, 2.24) is 14.1 Å². The van der Waals surface area contributed by atoms with E-state index >= 15 is 0 Å². The lowest BCUT2D eigenvalue weighted by Crippen LogP contribution is -2.24. The third-order valence-corrected chi connectivity index (χ3v) is 4.37. The second-order valence-electron chi connectivity index (χ2n) is 5.32. The lowest BCUT2D eigenvalue weighted by atomic mass is 10.2. The Morgan fingerprint density at radius 2 is 1.91 bits per heavy atom. The molecule has 0 atom stereocenters. The van der Waals surface area contributed by atoms with Crippen molar-refractivity contribution in [3.05, 3.63) is 57.8 Å². The Bertz CT molecular complexity index is 894. The summed E-state index contributed by atoms with van der Waals surface area (Å²) in [7, 11) is 1.92. The van der Waals surface area contributed by atoms with Gasteiger partial charge in [0, 0.05) is 12.7 Å². The summed E-state index contributed by atoms with van der Waals surface area (Å²) in [4.78, 5) is 17.7. The van der Waals surface area contributed by atoms with Gasteiger partial charge in [0.15, 0.2) is 0 Å². The average Bonchev–Trinajstić information content (AvgIpc) is 2.78. The van der Waals surface area contributed by atoms with Crippen LogP contribution in [0.2, 0.25) is 0 Å². The summed E-state index contributed by atoms with van der Waals surface area (Å²) in [5, 5.41) is 0. The van der Waals surface area contributed by atoms with Crippen molar-refractivity contribution in [2.45, 2.75) is 26.1 Å². The fraction of sp³-hybridized carbons (Fsp3) is 0.294. The van der Waals surface area contributed by atoms with Crippen LogP contribution in [0.3, 0.4) is 0 Å². The first-order valence-corrected chi connectivity index (χ1v) is 7.84. The topological polar surface area (TPSA) is 39.8 Å². The smallest absolute Gasteiger partial charge is 0.282 e. The van der Waals surface area contributed by atoms with E-state index in [-0.39, 0.29) is 11.4 Å². The largest absolute Gasteiger partial charge is 0.342 e. The number of alkyl halides is 1. The van der Waals surface area contributed by atoms with Crippen LogP contribution in [0.5, 0.6) is 0 Å². The van der Waals surface area contributed by atoms with Gasteiger partial charge >= 0.3 is 0 Å². The zero-order valence-corrected chi connectivity index (χ0v) is 13.7. The van der Waals surface area contributed by atoms with Gasteiger partial charge in [0.05, 0.1) is 17.1 Å². The highest BCUT2D eigenvalue weighted by molar-refractivity contribution is 6.16. The number of rotatable bonds is 3. The summed E-state index contributed by atoms with van der Waals surface area (Å²) in [6.45, 7) is 4.10. The number of halogens is 1. The van der Waals surface area contributed by atoms with Crippen molar-refractivity contribution in [2.75, 3.05) is 0 Å². The van der Waals surface area contributed by atoms with E-state index in [9.17, 15) is 4.79 Å². The number of hydrogen-bond donors (Lipinski definition) is 0. The molecule has 0 amide bonds. The predicted molar refractivity (Wildman–Crippen MR) is 90.0 cm³/mol. The van der Waals surface area contributed by atoms with Gasteiger partial charge in [0.2, 0.25) is 0 Å². The molecule has 0 aliphatic heterocycles. The average molecular weight is 316 g/mol. The summed E-state index contributed by atoms with van der Waals surface area (Å²) >= 11 is 6.06. The quantitative estimate of drug-likeness (QED) is 0.695. The molecule has 0 radical (unpaired) electrons. The molecule has 22 heavy (non-hydrogen) atoms. The number of para-hydroxylation sites is 1. The molecule has 2 aromatic heterocycles. The molecule has 1 aromatic carbocycles. The van der Waals surface area contributed by atoms with Crippen LogP contribution < -0.4 is 5.56 Å². The lowest BCUT2D eigenvalue weighted by molar-refractivity contribution is 0.831. The van der Waals surface area contributed by atoms with Gasteiger partial charge in [-0.1, -0.05) is 25.1 Å². The Balaban J connectivity index is 2.47. The highest BCUT2D eigenvalue weighted by Crippen LogP contribution is 2.22. The molecule has 0 spiro atoms. The fourth-order valence-electron chi connectivity index (χ4n) is 3.08. The van der Waals surface area contributed by atoms with Crippen molar-refractivity contribution in [3.8, 4) is 5.69 Å². The molecule has 114 valence electrons. The van der Waals surface area contributed by atoms with E-state index in [1.165, 1.54) is 0 Å². The van der Waals surface area contributed by atoms with E-state index in [4.69, 9.17) is 11.6 Å². The van der Waals surface area contributed by atoms with E-state index in [0.717, 1.165) is 28.9 Å². The van der Waals surface area contributed by atoms with Crippen LogP contribution in [0.1, 0.15) is 24.0 Å². The molecule has 0 bridgehead atoms. The van der Waals surface area contributed by atoms with Gasteiger partial charge in [-0.2, -0.15) is 0 Å². The maximum Gasteiger partial charge on any atom is 0.282 e. The van der Waals surface area contributed by atoms with Gasteiger partial charge in [-0.15, -0.1) is 11.6 Å². The Kier molecular flexibility index (Phi) is 3.79. The number of fused-ring (bicyclic) bond motifs is 1.